The lowest BCUT2D eigenvalue weighted by Crippen LogP contribution is -2.42. The Hall–Kier alpha value is -3.23. The van der Waals surface area contributed by atoms with Crippen LogP contribution in [0, 0.1) is 45.3 Å². The van der Waals surface area contributed by atoms with Crippen LogP contribution in [0.4, 0.5) is 0 Å². The molecule has 5 heteroatoms. The molecule has 0 saturated carbocycles. The molecule has 0 saturated heterocycles. The molecule has 25 heavy (non-hydrogen) atoms. The van der Waals surface area contributed by atoms with Gasteiger partial charge in [0.2, 0.25) is 0 Å². The van der Waals surface area contributed by atoms with Gasteiger partial charge in [-0.25, -0.2) is 0 Å². The van der Waals surface area contributed by atoms with Crippen LogP contribution in [0.5, 0.6) is 5.75 Å². The number of hydrogen-bond donors (Lipinski definition) is 1. The van der Waals surface area contributed by atoms with Crippen LogP contribution >= 0.6 is 0 Å². The van der Waals surface area contributed by atoms with Crippen molar-refractivity contribution >= 4 is 0 Å². The number of benzene rings is 1. The van der Waals surface area contributed by atoms with Gasteiger partial charge in [0.15, 0.2) is 5.41 Å². The van der Waals surface area contributed by atoms with Gasteiger partial charge in [0.05, 0.1) is 30.5 Å². The predicted molar refractivity (Wildman–Crippen MR) is 91.6 cm³/mol. The van der Waals surface area contributed by atoms with Crippen molar-refractivity contribution in [3.05, 3.63) is 52.7 Å². The maximum atomic E-state index is 9.91. The molecule has 0 aromatic heterocycles. The first kappa shape index (κ1) is 16.6. The molecule has 2 aliphatic rings. The van der Waals surface area contributed by atoms with Crippen LogP contribution in [-0.2, 0) is 0 Å². The third-order valence-corrected chi connectivity index (χ3v) is 5.27. The highest BCUT2D eigenvalue weighted by Gasteiger charge is 2.53. The molecule has 0 heterocycles. The van der Waals surface area contributed by atoms with Gasteiger partial charge in [0, 0.05) is 5.92 Å². The first-order chi connectivity index (χ1) is 12.1. The van der Waals surface area contributed by atoms with Gasteiger partial charge in [0.1, 0.15) is 11.8 Å². The lowest BCUT2D eigenvalue weighted by atomic mass is 9.57. The second kappa shape index (κ2) is 6.34. The first-order valence-corrected chi connectivity index (χ1v) is 8.20. The normalized spacial score (nSPS) is 24.2. The molecule has 1 aromatic rings. The zero-order chi connectivity index (χ0) is 18.0. The summed E-state index contributed by atoms with van der Waals surface area (Å²) in [4.78, 5) is 0. The molecule has 5 nitrogen and oxygen atoms in total. The SMILES string of the molecule is COc1ccc([C@H]2[C@@H]3CCCC=C3C(C#N)=C(N)C2(C#N)C#N)cc1. The Bertz CT molecular complexity index is 860. The number of nitrogens with zero attached hydrogens (tertiary/aromatic N) is 3. The highest BCUT2D eigenvalue weighted by atomic mass is 16.5. The summed E-state index contributed by atoms with van der Waals surface area (Å²) >= 11 is 0. The maximum absolute atomic E-state index is 9.91. The van der Waals surface area contributed by atoms with Crippen molar-refractivity contribution in [1.29, 1.82) is 15.8 Å². The number of hydrogen-bond acceptors (Lipinski definition) is 5. The van der Waals surface area contributed by atoms with Crippen LogP contribution in [-0.4, -0.2) is 7.11 Å². The summed E-state index contributed by atoms with van der Waals surface area (Å²) in [6.07, 6.45) is 4.71. The zero-order valence-electron chi connectivity index (χ0n) is 14.0. The minimum Gasteiger partial charge on any atom is -0.497 e. The fraction of sp³-hybridized carbons (Fsp3) is 0.350. The van der Waals surface area contributed by atoms with E-state index < -0.39 is 11.3 Å². The van der Waals surface area contributed by atoms with Crippen molar-refractivity contribution in [3.63, 3.8) is 0 Å². The van der Waals surface area contributed by atoms with E-state index in [1.54, 1.807) is 7.11 Å². The maximum Gasteiger partial charge on any atom is 0.191 e. The van der Waals surface area contributed by atoms with E-state index in [1.165, 1.54) is 0 Å². The number of methoxy groups -OCH3 is 1. The van der Waals surface area contributed by atoms with Crippen LogP contribution in [0.1, 0.15) is 30.7 Å². The molecule has 0 fully saturated rings. The van der Waals surface area contributed by atoms with E-state index in [0.29, 0.717) is 11.3 Å². The summed E-state index contributed by atoms with van der Waals surface area (Å²) in [6.45, 7) is 0. The molecule has 0 radical (unpaired) electrons. The van der Waals surface area contributed by atoms with Gasteiger partial charge in [-0.05, 0) is 48.4 Å². The van der Waals surface area contributed by atoms with E-state index in [2.05, 4.69) is 18.2 Å². The Morgan fingerprint density at radius 3 is 2.40 bits per heavy atom. The Morgan fingerprint density at radius 2 is 1.84 bits per heavy atom. The summed E-state index contributed by atoms with van der Waals surface area (Å²) in [7, 11) is 1.59. The van der Waals surface area contributed by atoms with Gasteiger partial charge in [-0.2, -0.15) is 15.8 Å². The molecular formula is C20H18N4O. The highest BCUT2D eigenvalue weighted by molar-refractivity contribution is 5.59. The molecule has 2 atom stereocenters. The molecule has 3 rings (SSSR count). The van der Waals surface area contributed by atoms with Gasteiger partial charge in [0.25, 0.3) is 0 Å². The Kier molecular flexibility index (Phi) is 4.22. The summed E-state index contributed by atoms with van der Waals surface area (Å²) in [5.41, 5.74) is 6.81. The minimum atomic E-state index is -1.54. The van der Waals surface area contributed by atoms with Crippen molar-refractivity contribution in [2.24, 2.45) is 17.1 Å². The number of fused-ring (bicyclic) bond motifs is 1. The van der Waals surface area contributed by atoms with Gasteiger partial charge in [-0.1, -0.05) is 18.2 Å². The molecule has 0 spiro atoms. The quantitative estimate of drug-likeness (QED) is 0.895. The Balaban J connectivity index is 2.27. The molecule has 2 N–H and O–H groups in total. The van der Waals surface area contributed by atoms with Crippen LogP contribution in [0.25, 0.3) is 0 Å². The molecule has 0 bridgehead atoms. The second-order valence-electron chi connectivity index (χ2n) is 6.38. The van der Waals surface area contributed by atoms with E-state index in [0.717, 1.165) is 30.4 Å². The molecule has 1 aromatic carbocycles. The monoisotopic (exact) mass is 330 g/mol. The summed E-state index contributed by atoms with van der Waals surface area (Å²) in [5, 5.41) is 29.4. The molecule has 0 aliphatic heterocycles. The number of nitrogens with two attached hydrogens (primary N) is 1. The van der Waals surface area contributed by atoms with E-state index in [4.69, 9.17) is 10.5 Å². The predicted octanol–water partition coefficient (Wildman–Crippen LogP) is 3.29. The molecule has 0 amide bonds. The third kappa shape index (κ3) is 2.35. The minimum absolute atomic E-state index is 0.0663. The van der Waals surface area contributed by atoms with E-state index in [-0.39, 0.29) is 11.6 Å². The fourth-order valence-electron chi connectivity index (χ4n) is 4.06. The first-order valence-electron chi connectivity index (χ1n) is 8.20. The largest absolute Gasteiger partial charge is 0.497 e. The summed E-state index contributed by atoms with van der Waals surface area (Å²) in [5.74, 6) is 0.236. The average Bonchev–Trinajstić information content (AvgIpc) is 2.67. The average molecular weight is 330 g/mol. The van der Waals surface area contributed by atoms with Gasteiger partial charge >= 0.3 is 0 Å². The van der Waals surface area contributed by atoms with Crippen molar-refractivity contribution in [1.82, 2.24) is 0 Å². The lowest BCUT2D eigenvalue weighted by Gasteiger charge is -2.43. The van der Waals surface area contributed by atoms with Gasteiger partial charge < -0.3 is 10.5 Å². The second-order valence-corrected chi connectivity index (χ2v) is 6.38. The van der Waals surface area contributed by atoms with E-state index in [1.807, 2.05) is 30.3 Å². The zero-order valence-corrected chi connectivity index (χ0v) is 14.0. The van der Waals surface area contributed by atoms with Gasteiger partial charge in [-0.15, -0.1) is 0 Å². The number of ether oxygens (including phenoxy) is 1. The molecule has 0 unspecified atom stereocenters. The molecule has 124 valence electrons. The fourth-order valence-corrected chi connectivity index (χ4v) is 4.06. The van der Waals surface area contributed by atoms with Crippen molar-refractivity contribution < 1.29 is 4.74 Å². The lowest BCUT2D eigenvalue weighted by molar-refractivity contribution is 0.317. The van der Waals surface area contributed by atoms with Crippen LogP contribution in [0.15, 0.2) is 47.2 Å². The summed E-state index contributed by atoms with van der Waals surface area (Å²) < 4.78 is 5.20. The van der Waals surface area contributed by atoms with Crippen LogP contribution in [0.2, 0.25) is 0 Å². The molecular weight excluding hydrogens is 312 g/mol. The van der Waals surface area contributed by atoms with E-state index >= 15 is 0 Å². The molecule has 2 aliphatic carbocycles. The highest BCUT2D eigenvalue weighted by Crippen LogP contribution is 2.55. The topological polar surface area (TPSA) is 107 Å². The van der Waals surface area contributed by atoms with Crippen molar-refractivity contribution in [2.75, 3.05) is 7.11 Å². The Labute approximate surface area is 147 Å². The van der Waals surface area contributed by atoms with Crippen LogP contribution in [0.3, 0.4) is 0 Å². The number of nitriles is 3. The van der Waals surface area contributed by atoms with E-state index in [9.17, 15) is 15.8 Å². The third-order valence-electron chi connectivity index (χ3n) is 5.27. The number of allylic oxidation sites excluding steroid dienone is 4. The Morgan fingerprint density at radius 1 is 1.16 bits per heavy atom. The smallest absolute Gasteiger partial charge is 0.191 e. The standard InChI is InChI=1S/C20H18N4O/c1-25-14-8-6-13(7-9-14)18-16-5-3-2-4-15(16)17(10-21)19(24)20(18,11-22)12-23/h4,6-9,16,18H,2-3,5,24H2,1H3/t16-,18+/m1/s1. The van der Waals surface area contributed by atoms with Crippen molar-refractivity contribution in [2.45, 2.75) is 25.2 Å². The van der Waals surface area contributed by atoms with Crippen LogP contribution < -0.4 is 10.5 Å². The number of rotatable bonds is 2. The van der Waals surface area contributed by atoms with Crippen molar-refractivity contribution in [3.8, 4) is 24.0 Å². The van der Waals surface area contributed by atoms with Gasteiger partial charge in [-0.3, -0.25) is 0 Å². The summed E-state index contributed by atoms with van der Waals surface area (Å²) in [6, 6.07) is 13.8.